The molecule has 106 valence electrons. The summed E-state index contributed by atoms with van der Waals surface area (Å²) in [7, 11) is 0. The number of carbonyl (C=O) groups excluding carboxylic acids is 1. The summed E-state index contributed by atoms with van der Waals surface area (Å²) in [6.07, 6.45) is -0.0369. The number of hydrogen-bond donors (Lipinski definition) is 1. The number of amides is 1. The van der Waals surface area contributed by atoms with E-state index in [0.717, 1.165) is 0 Å². The van der Waals surface area contributed by atoms with Crippen LogP contribution >= 0.6 is 0 Å². The molecule has 0 aliphatic carbocycles. The van der Waals surface area contributed by atoms with Gasteiger partial charge in [0.15, 0.2) is 0 Å². The zero-order valence-corrected chi connectivity index (χ0v) is 10.9. The molecule has 1 fully saturated rings. The maximum atomic E-state index is 11.8. The summed E-state index contributed by atoms with van der Waals surface area (Å²) in [5, 5.41) is 19.9. The van der Waals surface area contributed by atoms with Crippen molar-refractivity contribution in [1.82, 2.24) is 4.90 Å². The number of carboxylic acid groups (broad SMARTS) is 1. The fourth-order valence-electron chi connectivity index (χ4n) is 2.59. The van der Waals surface area contributed by atoms with E-state index in [-0.39, 0.29) is 18.0 Å². The average Bonchev–Trinajstić information content (AvgIpc) is 2.75. The minimum atomic E-state index is -1.03. The third kappa shape index (κ3) is 2.34. The molecule has 0 radical (unpaired) electrons. The monoisotopic (exact) mass is 278 g/mol. The molecule has 1 heterocycles. The third-order valence-electron chi connectivity index (χ3n) is 3.54. The number of rotatable bonds is 4. The average molecular weight is 278 g/mol. The highest BCUT2D eigenvalue weighted by atomic mass is 16.6. The highest BCUT2D eigenvalue weighted by Crippen LogP contribution is 2.38. The molecule has 7 heteroatoms. The maximum absolute atomic E-state index is 11.8. The van der Waals surface area contributed by atoms with Gasteiger partial charge in [0.1, 0.15) is 0 Å². The van der Waals surface area contributed by atoms with Crippen LogP contribution in [-0.4, -0.2) is 33.4 Å². The molecule has 1 saturated heterocycles. The predicted molar refractivity (Wildman–Crippen MR) is 69.0 cm³/mol. The normalized spacial score (nSPS) is 22.1. The van der Waals surface area contributed by atoms with Gasteiger partial charge in [-0.1, -0.05) is 12.1 Å². The molecule has 2 atom stereocenters. The second-order valence-corrected chi connectivity index (χ2v) is 4.62. The Morgan fingerprint density at radius 3 is 2.50 bits per heavy atom. The standard InChI is InChI=1S/C13H14N2O5/c1-2-14-11(16)7-10(13(17)18)12(14)8-3-5-9(6-4-8)15(19)20/h3-6,10,12H,2,7H2,1H3,(H,17,18). The second kappa shape index (κ2) is 5.28. The summed E-state index contributed by atoms with van der Waals surface area (Å²) in [5.74, 6) is -2.05. The van der Waals surface area contributed by atoms with Crippen LogP contribution in [0.5, 0.6) is 0 Å². The van der Waals surface area contributed by atoms with Crippen LogP contribution in [0, 0.1) is 16.0 Å². The van der Waals surface area contributed by atoms with Gasteiger partial charge in [0.2, 0.25) is 5.91 Å². The van der Waals surface area contributed by atoms with E-state index in [4.69, 9.17) is 0 Å². The Kier molecular flexibility index (Phi) is 3.69. The summed E-state index contributed by atoms with van der Waals surface area (Å²) >= 11 is 0. The van der Waals surface area contributed by atoms with Crippen molar-refractivity contribution in [2.24, 2.45) is 5.92 Å². The zero-order valence-electron chi connectivity index (χ0n) is 10.9. The molecule has 20 heavy (non-hydrogen) atoms. The molecule has 1 aliphatic rings. The van der Waals surface area contributed by atoms with Crippen LogP contribution in [0.3, 0.4) is 0 Å². The summed E-state index contributed by atoms with van der Waals surface area (Å²) in [4.78, 5) is 34.7. The van der Waals surface area contributed by atoms with Gasteiger partial charge in [0.25, 0.3) is 5.69 Å². The number of nitrogens with zero attached hydrogens (tertiary/aromatic N) is 2. The number of hydrogen-bond acceptors (Lipinski definition) is 4. The molecule has 0 spiro atoms. The van der Waals surface area contributed by atoms with Crippen molar-refractivity contribution in [3.8, 4) is 0 Å². The van der Waals surface area contributed by atoms with Gasteiger partial charge in [-0.3, -0.25) is 19.7 Å². The van der Waals surface area contributed by atoms with E-state index in [1.807, 2.05) is 0 Å². The van der Waals surface area contributed by atoms with E-state index in [0.29, 0.717) is 12.1 Å². The minimum Gasteiger partial charge on any atom is -0.481 e. The van der Waals surface area contributed by atoms with Crippen LogP contribution in [0.15, 0.2) is 24.3 Å². The Labute approximate surface area is 115 Å². The quantitative estimate of drug-likeness (QED) is 0.665. The van der Waals surface area contributed by atoms with Crippen LogP contribution < -0.4 is 0 Å². The van der Waals surface area contributed by atoms with Crippen LogP contribution in [0.2, 0.25) is 0 Å². The number of benzene rings is 1. The minimum absolute atomic E-state index is 0.0369. The number of aliphatic carboxylic acids is 1. The first-order chi connectivity index (χ1) is 9.45. The lowest BCUT2D eigenvalue weighted by molar-refractivity contribution is -0.384. The molecule has 7 nitrogen and oxygen atoms in total. The Bertz CT molecular complexity index is 554. The molecule has 2 rings (SSSR count). The Morgan fingerprint density at radius 2 is 2.05 bits per heavy atom. The topological polar surface area (TPSA) is 101 Å². The summed E-state index contributed by atoms with van der Waals surface area (Å²) < 4.78 is 0. The van der Waals surface area contributed by atoms with Crippen molar-refractivity contribution in [1.29, 1.82) is 0 Å². The third-order valence-corrected chi connectivity index (χ3v) is 3.54. The number of carboxylic acids is 1. The summed E-state index contributed by atoms with van der Waals surface area (Å²) in [6, 6.07) is 5.11. The Hall–Kier alpha value is -2.44. The van der Waals surface area contributed by atoms with Crippen molar-refractivity contribution in [3.05, 3.63) is 39.9 Å². The first-order valence-electron chi connectivity index (χ1n) is 6.22. The van der Waals surface area contributed by atoms with Gasteiger partial charge in [-0.15, -0.1) is 0 Å². The number of nitro benzene ring substituents is 1. The molecule has 1 N–H and O–H groups in total. The van der Waals surface area contributed by atoms with E-state index in [1.165, 1.54) is 29.2 Å². The molecule has 2 unspecified atom stereocenters. The fourth-order valence-corrected chi connectivity index (χ4v) is 2.59. The van der Waals surface area contributed by atoms with Crippen LogP contribution in [0.4, 0.5) is 5.69 Å². The summed E-state index contributed by atoms with van der Waals surface area (Å²) in [5.41, 5.74) is 0.545. The van der Waals surface area contributed by atoms with Gasteiger partial charge in [-0.2, -0.15) is 0 Å². The molecule has 1 aromatic carbocycles. The van der Waals surface area contributed by atoms with E-state index >= 15 is 0 Å². The predicted octanol–water partition coefficient (Wildman–Crippen LogP) is 1.59. The lowest BCUT2D eigenvalue weighted by Gasteiger charge is -2.25. The molecule has 0 saturated carbocycles. The molecule has 1 aromatic rings. The van der Waals surface area contributed by atoms with Gasteiger partial charge in [-0.05, 0) is 12.5 Å². The molecule has 0 bridgehead atoms. The van der Waals surface area contributed by atoms with Crippen LogP contribution in [0.25, 0.3) is 0 Å². The van der Waals surface area contributed by atoms with Gasteiger partial charge < -0.3 is 10.0 Å². The van der Waals surface area contributed by atoms with Crippen molar-refractivity contribution in [2.75, 3.05) is 6.54 Å². The largest absolute Gasteiger partial charge is 0.481 e. The highest BCUT2D eigenvalue weighted by molar-refractivity contribution is 5.87. The van der Waals surface area contributed by atoms with Gasteiger partial charge >= 0.3 is 5.97 Å². The van der Waals surface area contributed by atoms with E-state index in [2.05, 4.69) is 0 Å². The SMILES string of the molecule is CCN1C(=O)CC(C(=O)O)C1c1ccc([N+](=O)[O-])cc1. The van der Waals surface area contributed by atoms with Crippen LogP contribution in [0.1, 0.15) is 24.9 Å². The van der Waals surface area contributed by atoms with Gasteiger partial charge in [0.05, 0.1) is 16.9 Å². The molecular formula is C13H14N2O5. The lowest BCUT2D eigenvalue weighted by atomic mass is 9.93. The maximum Gasteiger partial charge on any atom is 0.309 e. The van der Waals surface area contributed by atoms with Crippen molar-refractivity contribution >= 4 is 17.6 Å². The fraction of sp³-hybridized carbons (Fsp3) is 0.385. The molecular weight excluding hydrogens is 264 g/mol. The Balaban J connectivity index is 2.38. The summed E-state index contributed by atoms with van der Waals surface area (Å²) in [6.45, 7) is 2.19. The number of likely N-dealkylation sites (tertiary alicyclic amines) is 1. The second-order valence-electron chi connectivity index (χ2n) is 4.62. The first-order valence-corrected chi connectivity index (χ1v) is 6.22. The Morgan fingerprint density at radius 1 is 1.45 bits per heavy atom. The van der Waals surface area contributed by atoms with Crippen molar-refractivity contribution in [2.45, 2.75) is 19.4 Å². The first kappa shape index (κ1) is 14.0. The van der Waals surface area contributed by atoms with E-state index < -0.39 is 22.9 Å². The zero-order chi connectivity index (χ0) is 14.9. The van der Waals surface area contributed by atoms with E-state index in [9.17, 15) is 24.8 Å². The molecule has 0 aromatic heterocycles. The number of carbonyl (C=O) groups is 2. The number of nitro groups is 1. The smallest absolute Gasteiger partial charge is 0.309 e. The molecule has 1 amide bonds. The van der Waals surface area contributed by atoms with Crippen molar-refractivity contribution in [3.63, 3.8) is 0 Å². The van der Waals surface area contributed by atoms with Crippen LogP contribution in [-0.2, 0) is 9.59 Å². The lowest BCUT2D eigenvalue weighted by Crippen LogP contribution is -2.30. The van der Waals surface area contributed by atoms with E-state index in [1.54, 1.807) is 6.92 Å². The van der Waals surface area contributed by atoms with Gasteiger partial charge in [-0.25, -0.2) is 0 Å². The van der Waals surface area contributed by atoms with Gasteiger partial charge in [0, 0.05) is 25.1 Å². The highest BCUT2D eigenvalue weighted by Gasteiger charge is 2.43. The van der Waals surface area contributed by atoms with Crippen molar-refractivity contribution < 1.29 is 19.6 Å². The molecule has 1 aliphatic heterocycles. The number of non-ortho nitro benzene ring substituents is 1.